The summed E-state index contributed by atoms with van der Waals surface area (Å²) in [5, 5.41) is 1.87. The Morgan fingerprint density at radius 3 is 2.34 bits per heavy atom. The van der Waals surface area contributed by atoms with Crippen LogP contribution in [0, 0.1) is 5.92 Å². The normalized spacial score (nSPS) is 19.5. The molecule has 0 bridgehead atoms. The van der Waals surface area contributed by atoms with E-state index < -0.39 is 51.1 Å². The van der Waals surface area contributed by atoms with Gasteiger partial charge in [-0.25, -0.2) is 13.2 Å². The first-order chi connectivity index (χ1) is 19.4. The lowest BCUT2D eigenvalue weighted by Crippen LogP contribution is -2.62. The van der Waals surface area contributed by atoms with Crippen LogP contribution in [-0.4, -0.2) is 87.9 Å². The minimum absolute atomic E-state index is 0.0287. The standard InChI is InChI=1S/C27H29ClN4O7S2/c1-40(35,36)39-27(34)25-17-31(41(37,38)24-5-3-20-14-22(28)4-2-21(20)15-24)18-26(33)32(25)16-19-8-12-30(13-9-19)23-6-10-29-11-7-23/h2-7,10-11,14-15,19,25H,8-9,12-13,16-18H2,1H3. The Kier molecular flexibility index (Phi) is 8.24. The van der Waals surface area contributed by atoms with Crippen LogP contribution in [-0.2, 0) is 33.9 Å². The van der Waals surface area contributed by atoms with Gasteiger partial charge in [0.25, 0.3) is 0 Å². The molecule has 5 rings (SSSR count). The second-order valence-electron chi connectivity index (χ2n) is 10.3. The summed E-state index contributed by atoms with van der Waals surface area (Å²) in [6.45, 7) is 0.708. The highest BCUT2D eigenvalue weighted by Gasteiger charge is 2.44. The van der Waals surface area contributed by atoms with Crippen molar-refractivity contribution in [3.63, 3.8) is 0 Å². The summed E-state index contributed by atoms with van der Waals surface area (Å²) in [7, 11) is -8.41. The molecule has 0 radical (unpaired) electrons. The Balaban J connectivity index is 1.36. The third-order valence-electron chi connectivity index (χ3n) is 7.40. The largest absolute Gasteiger partial charge is 0.371 e. The van der Waals surface area contributed by atoms with Gasteiger partial charge in [-0.05, 0) is 65.9 Å². The monoisotopic (exact) mass is 620 g/mol. The maximum Gasteiger partial charge on any atom is 0.345 e. The van der Waals surface area contributed by atoms with Crippen molar-refractivity contribution in [2.45, 2.75) is 23.8 Å². The number of piperidine rings is 1. The number of aromatic nitrogens is 1. The molecule has 14 heteroatoms. The van der Waals surface area contributed by atoms with Crippen LogP contribution in [0.25, 0.3) is 10.8 Å². The Morgan fingerprint density at radius 1 is 1.00 bits per heavy atom. The van der Waals surface area contributed by atoms with Crippen molar-refractivity contribution < 1.29 is 30.6 Å². The Morgan fingerprint density at radius 2 is 1.66 bits per heavy atom. The number of hydrogen-bond acceptors (Lipinski definition) is 9. The van der Waals surface area contributed by atoms with Gasteiger partial charge in [0, 0.05) is 49.3 Å². The molecule has 2 aliphatic heterocycles. The molecule has 0 saturated carbocycles. The molecule has 2 fully saturated rings. The van der Waals surface area contributed by atoms with E-state index in [1.807, 2.05) is 12.1 Å². The van der Waals surface area contributed by atoms with E-state index in [0.717, 1.165) is 47.6 Å². The predicted octanol–water partition coefficient (Wildman–Crippen LogP) is 2.51. The van der Waals surface area contributed by atoms with Crippen molar-refractivity contribution in [2.24, 2.45) is 5.92 Å². The lowest BCUT2D eigenvalue weighted by molar-refractivity contribution is -0.152. The van der Waals surface area contributed by atoms with Gasteiger partial charge in [-0.3, -0.25) is 9.78 Å². The molecule has 2 aromatic carbocycles. The molecular weight excluding hydrogens is 592 g/mol. The zero-order valence-electron chi connectivity index (χ0n) is 22.2. The molecule has 1 amide bonds. The second kappa shape index (κ2) is 11.6. The Bertz CT molecular complexity index is 1680. The number of nitrogens with zero attached hydrogens (tertiary/aromatic N) is 4. The molecule has 1 aromatic heterocycles. The van der Waals surface area contributed by atoms with Crippen molar-refractivity contribution in [2.75, 3.05) is 43.9 Å². The number of amides is 1. The smallest absolute Gasteiger partial charge is 0.345 e. The maximum absolute atomic E-state index is 13.6. The molecule has 0 aliphatic carbocycles. The zero-order valence-corrected chi connectivity index (χ0v) is 24.6. The molecule has 3 aromatic rings. The first-order valence-corrected chi connectivity index (χ1v) is 16.6. The lowest BCUT2D eigenvalue weighted by atomic mass is 9.94. The molecule has 41 heavy (non-hydrogen) atoms. The van der Waals surface area contributed by atoms with E-state index in [4.69, 9.17) is 11.6 Å². The van der Waals surface area contributed by atoms with Gasteiger partial charge >= 0.3 is 16.1 Å². The summed E-state index contributed by atoms with van der Waals surface area (Å²) in [5.41, 5.74) is 1.04. The highest BCUT2D eigenvalue weighted by Crippen LogP contribution is 2.29. The van der Waals surface area contributed by atoms with Gasteiger partial charge in [0.05, 0.1) is 17.7 Å². The third-order valence-corrected chi connectivity index (χ3v) is 9.91. The average Bonchev–Trinajstić information content (AvgIpc) is 2.93. The fourth-order valence-electron chi connectivity index (χ4n) is 5.30. The number of carbonyl (C=O) groups is 2. The number of hydrogen-bond donors (Lipinski definition) is 0. The van der Waals surface area contributed by atoms with Crippen molar-refractivity contribution in [1.29, 1.82) is 0 Å². The summed E-state index contributed by atoms with van der Waals surface area (Å²) >= 11 is 6.04. The minimum Gasteiger partial charge on any atom is -0.371 e. The van der Waals surface area contributed by atoms with Crippen LogP contribution in [0.3, 0.4) is 0 Å². The van der Waals surface area contributed by atoms with E-state index >= 15 is 0 Å². The molecule has 1 unspecified atom stereocenters. The number of sulfonamides is 1. The summed E-state index contributed by atoms with van der Waals surface area (Å²) in [5.74, 6) is -1.76. The number of pyridine rings is 1. The first kappa shape index (κ1) is 29.2. The van der Waals surface area contributed by atoms with Crippen molar-refractivity contribution in [3.05, 3.63) is 65.9 Å². The number of anilines is 1. The van der Waals surface area contributed by atoms with Gasteiger partial charge in [0.15, 0.2) is 0 Å². The van der Waals surface area contributed by atoms with Gasteiger partial charge in [0.1, 0.15) is 6.04 Å². The van der Waals surface area contributed by atoms with Crippen LogP contribution in [0.4, 0.5) is 5.69 Å². The number of benzene rings is 2. The first-order valence-electron chi connectivity index (χ1n) is 13.0. The summed E-state index contributed by atoms with van der Waals surface area (Å²) < 4.78 is 56.3. The topological polar surface area (TPSA) is 134 Å². The summed E-state index contributed by atoms with van der Waals surface area (Å²) in [6.07, 6.45) is 5.62. The highest BCUT2D eigenvalue weighted by atomic mass is 35.5. The van der Waals surface area contributed by atoms with Gasteiger partial charge in [-0.1, -0.05) is 23.7 Å². The molecule has 218 valence electrons. The van der Waals surface area contributed by atoms with Crippen LogP contribution >= 0.6 is 11.6 Å². The Labute approximate surface area is 243 Å². The van der Waals surface area contributed by atoms with E-state index in [9.17, 15) is 26.4 Å². The van der Waals surface area contributed by atoms with Crippen LogP contribution in [0.2, 0.25) is 5.02 Å². The molecule has 2 aliphatic rings. The Hall–Kier alpha value is -3.26. The van der Waals surface area contributed by atoms with Crippen LogP contribution < -0.4 is 4.90 Å². The quantitative estimate of drug-likeness (QED) is 0.365. The number of carbonyl (C=O) groups excluding carboxylic acids is 2. The third kappa shape index (κ3) is 6.64. The van der Waals surface area contributed by atoms with Gasteiger partial charge in [-0.2, -0.15) is 12.7 Å². The maximum atomic E-state index is 13.6. The van der Waals surface area contributed by atoms with Crippen molar-refractivity contribution in [1.82, 2.24) is 14.2 Å². The number of fused-ring (bicyclic) bond motifs is 1. The number of piperazine rings is 1. The van der Waals surface area contributed by atoms with E-state index in [-0.39, 0.29) is 17.4 Å². The number of rotatable bonds is 7. The van der Waals surface area contributed by atoms with Gasteiger partial charge < -0.3 is 14.0 Å². The average molecular weight is 621 g/mol. The molecule has 3 heterocycles. The molecule has 2 saturated heterocycles. The molecule has 11 nitrogen and oxygen atoms in total. The molecule has 0 N–H and O–H groups in total. The van der Waals surface area contributed by atoms with E-state index in [0.29, 0.717) is 10.4 Å². The fraction of sp³-hybridized carbons (Fsp3) is 0.370. The van der Waals surface area contributed by atoms with Crippen LogP contribution in [0.5, 0.6) is 0 Å². The molecule has 1 atom stereocenters. The zero-order chi connectivity index (χ0) is 29.4. The molecular formula is C27H29ClN4O7S2. The van der Waals surface area contributed by atoms with Crippen molar-refractivity contribution in [3.8, 4) is 0 Å². The van der Waals surface area contributed by atoms with Crippen LogP contribution in [0.1, 0.15) is 12.8 Å². The van der Waals surface area contributed by atoms with E-state index in [2.05, 4.69) is 14.1 Å². The van der Waals surface area contributed by atoms with Gasteiger partial charge in [0.2, 0.25) is 15.9 Å². The number of halogens is 1. The SMILES string of the molecule is CS(=O)(=O)OC(=O)C1CN(S(=O)(=O)c2ccc3cc(Cl)ccc3c2)CC(=O)N1CC1CCN(c2ccncc2)CC1. The predicted molar refractivity (Wildman–Crippen MR) is 153 cm³/mol. The summed E-state index contributed by atoms with van der Waals surface area (Å²) in [4.78, 5) is 33.9. The van der Waals surface area contributed by atoms with Crippen molar-refractivity contribution >= 4 is 60.1 Å². The summed E-state index contributed by atoms with van der Waals surface area (Å²) in [6, 6.07) is 11.9. The van der Waals surface area contributed by atoms with E-state index in [1.165, 1.54) is 17.0 Å². The van der Waals surface area contributed by atoms with E-state index in [1.54, 1.807) is 36.7 Å². The second-order valence-corrected chi connectivity index (χ2v) is 14.2. The fourth-order valence-corrected chi connectivity index (χ4v) is 7.32. The van der Waals surface area contributed by atoms with Gasteiger partial charge in [-0.15, -0.1) is 0 Å². The minimum atomic E-state index is -4.22. The van der Waals surface area contributed by atoms with Crippen LogP contribution in [0.15, 0.2) is 65.8 Å². The lowest BCUT2D eigenvalue weighted by Gasteiger charge is -2.42. The highest BCUT2D eigenvalue weighted by molar-refractivity contribution is 7.89. The molecule has 0 spiro atoms.